The van der Waals surface area contributed by atoms with Crippen molar-refractivity contribution >= 4 is 11.6 Å². The first-order valence-corrected chi connectivity index (χ1v) is 5.28. The maximum Gasteiger partial charge on any atom is 0.254 e. The van der Waals surface area contributed by atoms with E-state index in [1.165, 1.54) is 0 Å². The molecule has 1 aliphatic heterocycles. The molecule has 0 bridgehead atoms. The van der Waals surface area contributed by atoms with Crippen molar-refractivity contribution in [3.63, 3.8) is 0 Å². The normalized spacial score (nSPS) is 18.2. The average molecular weight is 214 g/mol. The molecule has 5 nitrogen and oxygen atoms in total. The van der Waals surface area contributed by atoms with Crippen molar-refractivity contribution in [3.05, 3.63) is 39.8 Å². The van der Waals surface area contributed by atoms with E-state index in [0.717, 1.165) is 24.0 Å². The van der Waals surface area contributed by atoms with Gasteiger partial charge in [-0.15, -0.1) is 0 Å². The lowest BCUT2D eigenvalue weighted by atomic mass is 10.1. The van der Waals surface area contributed by atoms with Crippen LogP contribution in [0.3, 0.4) is 0 Å². The molecule has 0 N–H and O–H groups in total. The molecule has 0 unspecified atom stereocenters. The minimum Gasteiger partial charge on any atom is -0.331 e. The van der Waals surface area contributed by atoms with Crippen LogP contribution in [0.15, 0.2) is 23.3 Å². The van der Waals surface area contributed by atoms with Gasteiger partial charge in [0.15, 0.2) is 0 Å². The number of rotatable bonds is 2. The van der Waals surface area contributed by atoms with Crippen LogP contribution in [0.1, 0.15) is 28.8 Å². The quantitative estimate of drug-likeness (QED) is 0.424. The lowest BCUT2D eigenvalue weighted by Crippen LogP contribution is -2.25. The van der Waals surface area contributed by atoms with Gasteiger partial charge in [0.05, 0.1) is 0 Å². The summed E-state index contributed by atoms with van der Waals surface area (Å²) in [6.45, 7) is 0.660. The lowest BCUT2D eigenvalue weighted by Gasteiger charge is -2.13. The molecule has 1 fully saturated rings. The summed E-state index contributed by atoms with van der Waals surface area (Å²) in [6.07, 6.45) is 2.23. The predicted molar refractivity (Wildman–Crippen MR) is 58.1 cm³/mol. The van der Waals surface area contributed by atoms with E-state index in [4.69, 9.17) is 5.53 Å². The Morgan fingerprint density at radius 1 is 1.44 bits per heavy atom. The van der Waals surface area contributed by atoms with E-state index >= 15 is 0 Å². The van der Waals surface area contributed by atoms with Gasteiger partial charge in [0.2, 0.25) is 0 Å². The highest BCUT2D eigenvalue weighted by Gasteiger charge is 2.37. The molecule has 1 saturated carbocycles. The first-order chi connectivity index (χ1) is 7.79. The van der Waals surface area contributed by atoms with Crippen LogP contribution in [-0.4, -0.2) is 16.8 Å². The summed E-state index contributed by atoms with van der Waals surface area (Å²) >= 11 is 0. The van der Waals surface area contributed by atoms with Gasteiger partial charge >= 0.3 is 0 Å². The minimum atomic E-state index is 0.116. The molecule has 5 heteroatoms. The highest BCUT2D eigenvalue weighted by Crippen LogP contribution is 2.35. The fourth-order valence-corrected chi connectivity index (χ4v) is 2.12. The molecule has 3 rings (SSSR count). The third-order valence-electron chi connectivity index (χ3n) is 3.07. The largest absolute Gasteiger partial charge is 0.331 e. The highest BCUT2D eigenvalue weighted by molar-refractivity contribution is 5.99. The number of hydrogen-bond acceptors (Lipinski definition) is 2. The fraction of sp³-hybridized carbons (Fsp3) is 0.364. The topological polar surface area (TPSA) is 69.1 Å². The van der Waals surface area contributed by atoms with E-state index in [9.17, 15) is 4.79 Å². The molecule has 80 valence electrons. The van der Waals surface area contributed by atoms with Crippen LogP contribution in [0, 0.1) is 0 Å². The number of carbonyl (C=O) groups is 1. The second-order valence-electron chi connectivity index (χ2n) is 4.20. The summed E-state index contributed by atoms with van der Waals surface area (Å²) in [7, 11) is 0. The molecule has 1 aromatic carbocycles. The van der Waals surface area contributed by atoms with Gasteiger partial charge in [-0.05, 0) is 36.1 Å². The first kappa shape index (κ1) is 9.24. The SMILES string of the molecule is [N-]=[N+]=Nc1ccc2c(c1)CN(C1CC1)C2=O. The molecule has 1 amide bonds. The first-order valence-electron chi connectivity index (χ1n) is 5.28. The number of nitrogens with zero attached hydrogens (tertiary/aromatic N) is 4. The number of benzene rings is 1. The molecule has 1 aliphatic carbocycles. The summed E-state index contributed by atoms with van der Waals surface area (Å²) in [5, 5.41) is 3.55. The van der Waals surface area contributed by atoms with Gasteiger partial charge in [-0.3, -0.25) is 4.79 Å². The molecule has 1 aromatic rings. The van der Waals surface area contributed by atoms with Crippen LogP contribution < -0.4 is 0 Å². The molecule has 0 atom stereocenters. The zero-order chi connectivity index (χ0) is 11.1. The Morgan fingerprint density at radius 3 is 2.94 bits per heavy atom. The maximum atomic E-state index is 12.0. The van der Waals surface area contributed by atoms with E-state index in [1.54, 1.807) is 18.2 Å². The van der Waals surface area contributed by atoms with E-state index in [-0.39, 0.29) is 5.91 Å². The minimum absolute atomic E-state index is 0.116. The summed E-state index contributed by atoms with van der Waals surface area (Å²) in [4.78, 5) is 16.6. The Balaban J connectivity index is 1.98. The smallest absolute Gasteiger partial charge is 0.254 e. The third kappa shape index (κ3) is 1.33. The van der Waals surface area contributed by atoms with Crippen molar-refractivity contribution in [1.82, 2.24) is 4.90 Å². The van der Waals surface area contributed by atoms with Crippen molar-refractivity contribution in [2.45, 2.75) is 25.4 Å². The zero-order valence-electron chi connectivity index (χ0n) is 8.63. The van der Waals surface area contributed by atoms with Crippen molar-refractivity contribution in [2.75, 3.05) is 0 Å². The second-order valence-corrected chi connectivity index (χ2v) is 4.20. The van der Waals surface area contributed by atoms with E-state index in [0.29, 0.717) is 18.3 Å². The molecular formula is C11H10N4O. The van der Waals surface area contributed by atoms with Crippen molar-refractivity contribution in [2.24, 2.45) is 5.11 Å². The lowest BCUT2D eigenvalue weighted by molar-refractivity contribution is 0.0766. The number of hydrogen-bond donors (Lipinski definition) is 0. The fourth-order valence-electron chi connectivity index (χ4n) is 2.12. The van der Waals surface area contributed by atoms with Crippen molar-refractivity contribution in [1.29, 1.82) is 0 Å². The molecule has 0 spiro atoms. The van der Waals surface area contributed by atoms with Gasteiger partial charge in [-0.25, -0.2) is 0 Å². The summed E-state index contributed by atoms with van der Waals surface area (Å²) in [6, 6.07) is 5.68. The number of azide groups is 1. The Labute approximate surface area is 92.3 Å². The molecule has 0 radical (unpaired) electrons. The molecule has 0 saturated heterocycles. The predicted octanol–water partition coefficient (Wildman–Crippen LogP) is 2.75. The molecule has 1 heterocycles. The van der Waals surface area contributed by atoms with Gasteiger partial charge in [-0.2, -0.15) is 0 Å². The standard InChI is InChI=1S/C11H10N4O/c12-14-13-8-1-4-10-7(5-8)6-15(11(10)16)9-2-3-9/h1,4-5,9H,2-3,6H2. The summed E-state index contributed by atoms with van der Waals surface area (Å²) in [5.74, 6) is 0.116. The van der Waals surface area contributed by atoms with Crippen molar-refractivity contribution in [3.8, 4) is 0 Å². The Morgan fingerprint density at radius 2 is 2.25 bits per heavy atom. The van der Waals surface area contributed by atoms with Gasteiger partial charge < -0.3 is 4.90 Å². The molecule has 2 aliphatic rings. The van der Waals surface area contributed by atoms with Crippen LogP contribution >= 0.6 is 0 Å². The monoisotopic (exact) mass is 214 g/mol. The Bertz CT molecular complexity index is 515. The Kier molecular flexibility index (Phi) is 1.88. The van der Waals surface area contributed by atoms with Crippen LogP contribution in [-0.2, 0) is 6.54 Å². The third-order valence-corrected chi connectivity index (χ3v) is 3.07. The van der Waals surface area contributed by atoms with Gasteiger partial charge in [0, 0.05) is 28.7 Å². The molecule has 16 heavy (non-hydrogen) atoms. The molecule has 0 aromatic heterocycles. The zero-order valence-corrected chi connectivity index (χ0v) is 8.63. The average Bonchev–Trinajstić information content (AvgIpc) is 3.06. The summed E-state index contributed by atoms with van der Waals surface area (Å²) < 4.78 is 0. The second kappa shape index (κ2) is 3.25. The van der Waals surface area contributed by atoms with Crippen LogP contribution in [0.5, 0.6) is 0 Å². The summed E-state index contributed by atoms with van der Waals surface area (Å²) in [5.41, 5.74) is 10.7. The van der Waals surface area contributed by atoms with Crippen molar-refractivity contribution < 1.29 is 4.79 Å². The molecular weight excluding hydrogens is 204 g/mol. The van der Waals surface area contributed by atoms with Gasteiger partial charge in [0.1, 0.15) is 0 Å². The van der Waals surface area contributed by atoms with Crippen LogP contribution in [0.25, 0.3) is 10.4 Å². The van der Waals surface area contributed by atoms with Crippen LogP contribution in [0.2, 0.25) is 0 Å². The van der Waals surface area contributed by atoms with Gasteiger partial charge in [-0.1, -0.05) is 11.2 Å². The maximum absolute atomic E-state index is 12.0. The highest BCUT2D eigenvalue weighted by atomic mass is 16.2. The van der Waals surface area contributed by atoms with Gasteiger partial charge in [0.25, 0.3) is 5.91 Å². The van der Waals surface area contributed by atoms with E-state index in [1.807, 2.05) is 4.90 Å². The number of amides is 1. The van der Waals surface area contributed by atoms with Crippen LogP contribution in [0.4, 0.5) is 5.69 Å². The Hall–Kier alpha value is -2.00. The number of carbonyl (C=O) groups excluding carboxylic acids is 1. The van der Waals surface area contributed by atoms with E-state index in [2.05, 4.69) is 10.0 Å². The number of fused-ring (bicyclic) bond motifs is 1. The van der Waals surface area contributed by atoms with E-state index < -0.39 is 0 Å².